The SMILES string of the molecule is CCN(CC(O)C(O)C(O)C(O)CO)c1ccc(N)c(OC)c1. The maximum Gasteiger partial charge on any atom is 0.143 e. The first-order valence-corrected chi connectivity index (χ1v) is 7.37. The maximum absolute atomic E-state index is 10.1. The molecule has 4 unspecified atom stereocenters. The van der Waals surface area contributed by atoms with Gasteiger partial charge in [0.05, 0.1) is 25.5 Å². The molecule has 0 saturated carbocycles. The van der Waals surface area contributed by atoms with Crippen molar-refractivity contribution < 1.29 is 30.3 Å². The molecule has 0 amide bonds. The lowest BCUT2D eigenvalue weighted by Gasteiger charge is -2.31. The van der Waals surface area contributed by atoms with Crippen molar-refractivity contribution in [3.8, 4) is 5.75 Å². The normalized spacial score (nSPS) is 16.5. The first-order valence-electron chi connectivity index (χ1n) is 7.37. The van der Waals surface area contributed by atoms with E-state index in [1.54, 1.807) is 23.1 Å². The number of aliphatic hydroxyl groups excluding tert-OH is 5. The summed E-state index contributed by atoms with van der Waals surface area (Å²) in [5.41, 5.74) is 6.97. The molecule has 0 fully saturated rings. The molecule has 0 aliphatic carbocycles. The Morgan fingerprint density at radius 3 is 2.26 bits per heavy atom. The number of nitrogen functional groups attached to an aromatic ring is 1. The van der Waals surface area contributed by atoms with Gasteiger partial charge in [0, 0.05) is 24.8 Å². The van der Waals surface area contributed by atoms with Crippen molar-refractivity contribution in [2.24, 2.45) is 0 Å². The van der Waals surface area contributed by atoms with Crippen LogP contribution in [0.3, 0.4) is 0 Å². The van der Waals surface area contributed by atoms with E-state index >= 15 is 0 Å². The van der Waals surface area contributed by atoms with E-state index in [0.717, 1.165) is 5.69 Å². The lowest BCUT2D eigenvalue weighted by Crippen LogP contribution is -2.49. The Balaban J connectivity index is 2.83. The molecule has 1 aromatic carbocycles. The fourth-order valence-corrected chi connectivity index (χ4v) is 2.21. The molecule has 0 radical (unpaired) electrons. The largest absolute Gasteiger partial charge is 0.495 e. The third-order valence-electron chi connectivity index (χ3n) is 3.70. The molecule has 23 heavy (non-hydrogen) atoms. The Labute approximate surface area is 135 Å². The van der Waals surface area contributed by atoms with Crippen molar-refractivity contribution in [1.82, 2.24) is 0 Å². The van der Waals surface area contributed by atoms with E-state index in [-0.39, 0.29) is 6.54 Å². The van der Waals surface area contributed by atoms with Crippen LogP contribution in [-0.4, -0.2) is 76.8 Å². The van der Waals surface area contributed by atoms with Gasteiger partial charge in [0.1, 0.15) is 24.1 Å². The van der Waals surface area contributed by atoms with Gasteiger partial charge in [-0.2, -0.15) is 0 Å². The van der Waals surface area contributed by atoms with Crippen molar-refractivity contribution in [2.75, 3.05) is 37.4 Å². The van der Waals surface area contributed by atoms with Gasteiger partial charge in [0.25, 0.3) is 0 Å². The van der Waals surface area contributed by atoms with Crippen LogP contribution in [0, 0.1) is 0 Å². The topological polar surface area (TPSA) is 140 Å². The summed E-state index contributed by atoms with van der Waals surface area (Å²) in [4.78, 5) is 1.76. The average Bonchev–Trinajstić information content (AvgIpc) is 2.57. The number of hydrogen-bond acceptors (Lipinski definition) is 8. The molecule has 4 atom stereocenters. The molecular weight excluding hydrogens is 304 g/mol. The monoisotopic (exact) mass is 330 g/mol. The molecule has 0 aliphatic heterocycles. The van der Waals surface area contributed by atoms with E-state index in [1.807, 2.05) is 6.92 Å². The summed E-state index contributed by atoms with van der Waals surface area (Å²) in [6, 6.07) is 5.13. The molecule has 0 bridgehead atoms. The fraction of sp³-hybridized carbons (Fsp3) is 0.600. The number of aliphatic hydroxyl groups is 5. The third-order valence-corrected chi connectivity index (χ3v) is 3.70. The average molecular weight is 330 g/mol. The van der Waals surface area contributed by atoms with Crippen LogP contribution in [-0.2, 0) is 0 Å². The molecule has 8 nitrogen and oxygen atoms in total. The summed E-state index contributed by atoms with van der Waals surface area (Å²) in [7, 11) is 1.50. The molecule has 132 valence electrons. The van der Waals surface area contributed by atoms with Gasteiger partial charge in [-0.25, -0.2) is 0 Å². The minimum absolute atomic E-state index is 0.0138. The summed E-state index contributed by atoms with van der Waals surface area (Å²) in [6.45, 7) is 1.69. The number of methoxy groups -OCH3 is 1. The molecule has 0 heterocycles. The lowest BCUT2D eigenvalue weighted by molar-refractivity contribution is -0.112. The smallest absolute Gasteiger partial charge is 0.143 e. The van der Waals surface area contributed by atoms with E-state index in [4.69, 9.17) is 15.6 Å². The van der Waals surface area contributed by atoms with Crippen molar-refractivity contribution in [3.05, 3.63) is 18.2 Å². The van der Waals surface area contributed by atoms with Crippen LogP contribution in [0.2, 0.25) is 0 Å². The van der Waals surface area contributed by atoms with Crippen LogP contribution in [0.5, 0.6) is 5.75 Å². The predicted octanol–water partition coefficient (Wildman–Crippen LogP) is -1.46. The van der Waals surface area contributed by atoms with Gasteiger partial charge in [-0.3, -0.25) is 0 Å². The zero-order valence-electron chi connectivity index (χ0n) is 13.3. The number of rotatable bonds is 9. The second-order valence-electron chi connectivity index (χ2n) is 5.26. The standard InChI is InChI=1S/C15H26N2O6/c1-3-17(9-4-5-10(16)13(6-9)23-2)7-11(19)14(21)15(22)12(20)8-18/h4-6,11-12,14-15,18-22H,3,7-8,16H2,1-2H3. The Morgan fingerprint density at radius 2 is 1.74 bits per heavy atom. The molecule has 8 heteroatoms. The number of ether oxygens (including phenoxy) is 1. The second-order valence-corrected chi connectivity index (χ2v) is 5.26. The van der Waals surface area contributed by atoms with E-state index in [9.17, 15) is 20.4 Å². The second kappa shape index (κ2) is 8.90. The first kappa shape index (κ1) is 19.5. The van der Waals surface area contributed by atoms with Crippen LogP contribution in [0.25, 0.3) is 0 Å². The lowest BCUT2D eigenvalue weighted by atomic mass is 10.0. The van der Waals surface area contributed by atoms with Gasteiger partial charge in [0.15, 0.2) is 0 Å². The summed E-state index contributed by atoms with van der Waals surface area (Å²) >= 11 is 0. The number of nitrogens with zero attached hydrogens (tertiary/aromatic N) is 1. The van der Waals surface area contributed by atoms with E-state index in [1.165, 1.54) is 7.11 Å². The van der Waals surface area contributed by atoms with Crippen LogP contribution in [0.1, 0.15) is 6.92 Å². The molecule has 0 aliphatic rings. The Morgan fingerprint density at radius 1 is 1.13 bits per heavy atom. The van der Waals surface area contributed by atoms with E-state index in [0.29, 0.717) is 18.0 Å². The van der Waals surface area contributed by atoms with Crippen LogP contribution < -0.4 is 15.4 Å². The Kier molecular flexibility index (Phi) is 7.53. The van der Waals surface area contributed by atoms with Crippen molar-refractivity contribution in [1.29, 1.82) is 0 Å². The Bertz CT molecular complexity index is 487. The molecular formula is C15H26N2O6. The highest BCUT2D eigenvalue weighted by molar-refractivity contribution is 5.62. The summed E-state index contributed by atoms with van der Waals surface area (Å²) in [5.74, 6) is 0.492. The first-order chi connectivity index (χ1) is 10.8. The highest BCUT2D eigenvalue weighted by Crippen LogP contribution is 2.27. The summed E-state index contributed by atoms with van der Waals surface area (Å²) in [5, 5.41) is 47.7. The molecule has 7 N–H and O–H groups in total. The maximum atomic E-state index is 10.1. The van der Waals surface area contributed by atoms with Gasteiger partial charge in [-0.15, -0.1) is 0 Å². The highest BCUT2D eigenvalue weighted by atomic mass is 16.5. The molecule has 0 saturated heterocycles. The van der Waals surface area contributed by atoms with Crippen molar-refractivity contribution in [3.63, 3.8) is 0 Å². The highest BCUT2D eigenvalue weighted by Gasteiger charge is 2.31. The number of hydrogen-bond donors (Lipinski definition) is 6. The van der Waals surface area contributed by atoms with Crippen molar-refractivity contribution in [2.45, 2.75) is 31.3 Å². The van der Waals surface area contributed by atoms with Gasteiger partial charge in [-0.05, 0) is 19.1 Å². The number of nitrogens with two attached hydrogens (primary N) is 1. The fourth-order valence-electron chi connectivity index (χ4n) is 2.21. The zero-order chi connectivity index (χ0) is 17.6. The predicted molar refractivity (Wildman–Crippen MR) is 86.4 cm³/mol. The Hall–Kier alpha value is -1.58. The molecule has 1 rings (SSSR count). The van der Waals surface area contributed by atoms with Crippen LogP contribution in [0.15, 0.2) is 18.2 Å². The van der Waals surface area contributed by atoms with Crippen molar-refractivity contribution >= 4 is 11.4 Å². The van der Waals surface area contributed by atoms with Gasteiger partial charge in [-0.1, -0.05) is 0 Å². The molecule has 1 aromatic rings. The van der Waals surface area contributed by atoms with E-state index < -0.39 is 31.0 Å². The van der Waals surface area contributed by atoms with E-state index in [2.05, 4.69) is 0 Å². The van der Waals surface area contributed by atoms with Gasteiger partial charge in [0.2, 0.25) is 0 Å². The quantitative estimate of drug-likeness (QED) is 0.302. The zero-order valence-corrected chi connectivity index (χ0v) is 13.3. The minimum atomic E-state index is -1.64. The van der Waals surface area contributed by atoms with Gasteiger partial charge < -0.3 is 40.9 Å². The third kappa shape index (κ3) is 4.95. The number of likely N-dealkylation sites (N-methyl/N-ethyl adjacent to an activating group) is 1. The molecule has 0 aromatic heterocycles. The number of benzene rings is 1. The van der Waals surface area contributed by atoms with Crippen LogP contribution >= 0.6 is 0 Å². The summed E-state index contributed by atoms with van der Waals surface area (Å²) < 4.78 is 5.15. The van der Waals surface area contributed by atoms with Crippen LogP contribution in [0.4, 0.5) is 11.4 Å². The number of anilines is 2. The minimum Gasteiger partial charge on any atom is -0.495 e. The summed E-state index contributed by atoms with van der Waals surface area (Å²) in [6.07, 6.45) is -6.09. The van der Waals surface area contributed by atoms with Gasteiger partial charge >= 0.3 is 0 Å². The molecule has 0 spiro atoms.